The SMILES string of the molecule is CNCCCC(N)c1ccc2nc(C)[nH]c2c1. The van der Waals surface area contributed by atoms with Crippen molar-refractivity contribution in [2.75, 3.05) is 13.6 Å². The van der Waals surface area contributed by atoms with E-state index in [-0.39, 0.29) is 6.04 Å². The van der Waals surface area contributed by atoms with Gasteiger partial charge in [-0.2, -0.15) is 0 Å². The fourth-order valence-electron chi connectivity index (χ4n) is 2.05. The van der Waals surface area contributed by atoms with Gasteiger partial charge in [-0.1, -0.05) is 6.07 Å². The molecule has 1 aromatic carbocycles. The standard InChI is InChI=1S/C13H20N4/c1-9-16-12-6-5-10(8-13(12)17-9)11(14)4-3-7-15-2/h5-6,8,11,15H,3-4,7,14H2,1-2H3,(H,16,17). The third-order valence-corrected chi connectivity index (χ3v) is 2.99. The van der Waals surface area contributed by atoms with Crippen LogP contribution in [-0.2, 0) is 0 Å². The Balaban J connectivity index is 2.12. The van der Waals surface area contributed by atoms with E-state index in [0.29, 0.717) is 0 Å². The number of aromatic amines is 1. The third kappa shape index (κ3) is 2.84. The number of nitrogens with one attached hydrogen (secondary N) is 2. The first-order chi connectivity index (χ1) is 8.20. The number of H-pyrrole nitrogens is 1. The molecule has 17 heavy (non-hydrogen) atoms. The van der Waals surface area contributed by atoms with E-state index in [2.05, 4.69) is 27.4 Å². The van der Waals surface area contributed by atoms with Gasteiger partial charge in [0.05, 0.1) is 11.0 Å². The van der Waals surface area contributed by atoms with Crippen LogP contribution in [0.15, 0.2) is 18.2 Å². The minimum absolute atomic E-state index is 0.108. The van der Waals surface area contributed by atoms with Crippen LogP contribution in [0.25, 0.3) is 11.0 Å². The van der Waals surface area contributed by atoms with Crippen LogP contribution in [0.1, 0.15) is 30.3 Å². The molecule has 0 bridgehead atoms. The zero-order valence-corrected chi connectivity index (χ0v) is 10.5. The Morgan fingerprint density at radius 3 is 3.06 bits per heavy atom. The molecule has 1 atom stereocenters. The zero-order valence-electron chi connectivity index (χ0n) is 10.5. The van der Waals surface area contributed by atoms with Crippen molar-refractivity contribution in [1.29, 1.82) is 0 Å². The molecule has 0 aliphatic heterocycles. The summed E-state index contributed by atoms with van der Waals surface area (Å²) < 4.78 is 0. The molecular weight excluding hydrogens is 212 g/mol. The van der Waals surface area contributed by atoms with Crippen molar-refractivity contribution in [3.63, 3.8) is 0 Å². The Bertz CT molecular complexity index is 489. The van der Waals surface area contributed by atoms with E-state index in [1.807, 2.05) is 20.0 Å². The Hall–Kier alpha value is -1.39. The number of nitrogens with zero attached hydrogens (tertiary/aromatic N) is 1. The predicted octanol–water partition coefficient (Wildman–Crippen LogP) is 1.87. The van der Waals surface area contributed by atoms with Gasteiger partial charge in [-0.25, -0.2) is 4.98 Å². The van der Waals surface area contributed by atoms with Gasteiger partial charge in [-0.05, 0) is 51.1 Å². The summed E-state index contributed by atoms with van der Waals surface area (Å²) in [6.07, 6.45) is 2.09. The number of aromatic nitrogens is 2. The molecule has 0 saturated heterocycles. The highest BCUT2D eigenvalue weighted by molar-refractivity contribution is 5.75. The van der Waals surface area contributed by atoms with Gasteiger partial charge >= 0.3 is 0 Å². The van der Waals surface area contributed by atoms with Crippen molar-refractivity contribution >= 4 is 11.0 Å². The maximum absolute atomic E-state index is 6.17. The van der Waals surface area contributed by atoms with Crippen LogP contribution in [0.2, 0.25) is 0 Å². The normalized spacial score (nSPS) is 13.1. The van der Waals surface area contributed by atoms with Crippen molar-refractivity contribution in [3.8, 4) is 0 Å². The molecule has 0 saturated carbocycles. The molecule has 1 unspecified atom stereocenters. The van der Waals surface area contributed by atoms with Crippen LogP contribution in [0.5, 0.6) is 0 Å². The number of rotatable bonds is 5. The molecule has 2 rings (SSSR count). The molecule has 0 spiro atoms. The first-order valence-corrected chi connectivity index (χ1v) is 6.07. The van der Waals surface area contributed by atoms with Crippen LogP contribution in [0.3, 0.4) is 0 Å². The van der Waals surface area contributed by atoms with E-state index in [4.69, 9.17) is 5.73 Å². The lowest BCUT2D eigenvalue weighted by Crippen LogP contribution is -2.14. The molecule has 0 radical (unpaired) electrons. The Morgan fingerprint density at radius 1 is 1.47 bits per heavy atom. The summed E-state index contributed by atoms with van der Waals surface area (Å²) in [5.74, 6) is 0.945. The number of hydrogen-bond acceptors (Lipinski definition) is 3. The van der Waals surface area contributed by atoms with Crippen LogP contribution in [0, 0.1) is 6.92 Å². The maximum Gasteiger partial charge on any atom is 0.104 e. The first-order valence-electron chi connectivity index (χ1n) is 6.07. The van der Waals surface area contributed by atoms with E-state index < -0.39 is 0 Å². The summed E-state index contributed by atoms with van der Waals surface area (Å²) in [6.45, 7) is 2.98. The minimum Gasteiger partial charge on any atom is -0.342 e. The predicted molar refractivity (Wildman–Crippen MR) is 70.9 cm³/mol. The highest BCUT2D eigenvalue weighted by Gasteiger charge is 2.07. The molecule has 2 aromatic rings. The highest BCUT2D eigenvalue weighted by Crippen LogP contribution is 2.20. The molecule has 4 heteroatoms. The maximum atomic E-state index is 6.17. The molecule has 0 aliphatic rings. The van der Waals surface area contributed by atoms with Crippen molar-refractivity contribution in [1.82, 2.24) is 15.3 Å². The number of benzene rings is 1. The second kappa shape index (κ2) is 5.29. The van der Waals surface area contributed by atoms with Gasteiger partial charge in [0.15, 0.2) is 0 Å². The summed E-state index contributed by atoms with van der Waals surface area (Å²) in [4.78, 5) is 7.62. The topological polar surface area (TPSA) is 66.7 Å². The van der Waals surface area contributed by atoms with Crippen molar-refractivity contribution in [3.05, 3.63) is 29.6 Å². The zero-order chi connectivity index (χ0) is 12.3. The molecular formula is C13H20N4. The third-order valence-electron chi connectivity index (χ3n) is 2.99. The quantitative estimate of drug-likeness (QED) is 0.689. The number of fused-ring (bicyclic) bond motifs is 1. The summed E-state index contributed by atoms with van der Waals surface area (Å²) in [5.41, 5.74) is 9.43. The van der Waals surface area contributed by atoms with Crippen LogP contribution in [-0.4, -0.2) is 23.6 Å². The molecule has 1 aromatic heterocycles. The summed E-state index contributed by atoms with van der Waals surface area (Å²) in [5, 5.41) is 3.14. The smallest absolute Gasteiger partial charge is 0.104 e. The fraction of sp³-hybridized carbons (Fsp3) is 0.462. The number of imidazole rings is 1. The van der Waals surface area contributed by atoms with Crippen LogP contribution >= 0.6 is 0 Å². The van der Waals surface area contributed by atoms with Crippen molar-refractivity contribution in [2.45, 2.75) is 25.8 Å². The van der Waals surface area contributed by atoms with Gasteiger partial charge in [0, 0.05) is 6.04 Å². The van der Waals surface area contributed by atoms with Crippen molar-refractivity contribution < 1.29 is 0 Å². The summed E-state index contributed by atoms with van der Waals surface area (Å²) in [7, 11) is 1.96. The second-order valence-corrected chi connectivity index (χ2v) is 4.45. The van der Waals surface area contributed by atoms with Gasteiger partial charge < -0.3 is 16.0 Å². The van der Waals surface area contributed by atoms with Gasteiger partial charge in [-0.15, -0.1) is 0 Å². The molecule has 4 N–H and O–H groups in total. The largest absolute Gasteiger partial charge is 0.342 e. The van der Waals surface area contributed by atoms with E-state index in [0.717, 1.165) is 36.2 Å². The van der Waals surface area contributed by atoms with E-state index in [1.54, 1.807) is 0 Å². The summed E-state index contributed by atoms with van der Waals surface area (Å²) >= 11 is 0. The monoisotopic (exact) mass is 232 g/mol. The van der Waals surface area contributed by atoms with Crippen molar-refractivity contribution in [2.24, 2.45) is 5.73 Å². The average Bonchev–Trinajstić information content (AvgIpc) is 2.68. The molecule has 92 valence electrons. The Kier molecular flexibility index (Phi) is 3.76. The lowest BCUT2D eigenvalue weighted by Gasteiger charge is -2.11. The van der Waals surface area contributed by atoms with Gasteiger partial charge in [-0.3, -0.25) is 0 Å². The fourth-order valence-corrected chi connectivity index (χ4v) is 2.05. The second-order valence-electron chi connectivity index (χ2n) is 4.45. The van der Waals surface area contributed by atoms with Gasteiger partial charge in [0.2, 0.25) is 0 Å². The molecule has 4 nitrogen and oxygen atoms in total. The van der Waals surface area contributed by atoms with E-state index >= 15 is 0 Å². The molecule has 0 aliphatic carbocycles. The lowest BCUT2D eigenvalue weighted by molar-refractivity contribution is 0.591. The number of nitrogens with two attached hydrogens (primary N) is 1. The average molecular weight is 232 g/mol. The number of aryl methyl sites for hydroxylation is 1. The molecule has 0 amide bonds. The number of hydrogen-bond donors (Lipinski definition) is 3. The van der Waals surface area contributed by atoms with Gasteiger partial charge in [0.1, 0.15) is 5.82 Å². The first kappa shape index (κ1) is 12.1. The van der Waals surface area contributed by atoms with E-state index in [9.17, 15) is 0 Å². The lowest BCUT2D eigenvalue weighted by atomic mass is 10.0. The molecule has 1 heterocycles. The summed E-state index contributed by atoms with van der Waals surface area (Å²) in [6, 6.07) is 6.33. The van der Waals surface area contributed by atoms with Gasteiger partial charge in [0.25, 0.3) is 0 Å². The Morgan fingerprint density at radius 2 is 2.29 bits per heavy atom. The minimum atomic E-state index is 0.108. The van der Waals surface area contributed by atoms with E-state index in [1.165, 1.54) is 5.56 Å². The van der Waals surface area contributed by atoms with Crippen LogP contribution in [0.4, 0.5) is 0 Å². The van der Waals surface area contributed by atoms with Crippen LogP contribution < -0.4 is 11.1 Å². The highest BCUT2D eigenvalue weighted by atomic mass is 14.9. The molecule has 0 fully saturated rings. The Labute approximate surface area is 102 Å².